The molecule has 92 valence electrons. The van der Waals surface area contributed by atoms with Crippen LogP contribution in [0.3, 0.4) is 0 Å². The largest absolute Gasteiger partial charge is 0.469 e. The molecule has 0 N–H and O–H groups in total. The van der Waals surface area contributed by atoms with Gasteiger partial charge in [0.25, 0.3) is 0 Å². The fourth-order valence-electron chi connectivity index (χ4n) is 1.53. The van der Waals surface area contributed by atoms with Crippen molar-refractivity contribution in [2.75, 3.05) is 14.2 Å². The predicted octanol–water partition coefficient (Wildman–Crippen LogP) is 1.81. The zero-order valence-corrected chi connectivity index (χ0v) is 10.2. The van der Waals surface area contributed by atoms with Crippen LogP contribution in [0.25, 0.3) is 0 Å². The molecule has 0 saturated carbocycles. The van der Waals surface area contributed by atoms with Gasteiger partial charge in [0.1, 0.15) is 0 Å². The molecule has 0 bridgehead atoms. The van der Waals surface area contributed by atoms with E-state index in [4.69, 9.17) is 4.74 Å². The van der Waals surface area contributed by atoms with Crippen LogP contribution in [0, 0.1) is 6.92 Å². The first-order valence-corrected chi connectivity index (χ1v) is 5.29. The maximum Gasteiger partial charge on any atom is 0.313 e. The number of rotatable bonds is 4. The third kappa shape index (κ3) is 3.59. The van der Waals surface area contributed by atoms with E-state index < -0.39 is 17.9 Å². The number of hydrogen-bond acceptors (Lipinski definition) is 4. The van der Waals surface area contributed by atoms with Gasteiger partial charge in [-0.15, -0.1) is 0 Å². The summed E-state index contributed by atoms with van der Waals surface area (Å²) >= 11 is 0. The molecule has 1 atom stereocenters. The normalized spacial score (nSPS) is 11.7. The third-order valence-corrected chi connectivity index (χ3v) is 2.56. The van der Waals surface area contributed by atoms with Crippen LogP contribution in [0.15, 0.2) is 24.3 Å². The summed E-state index contributed by atoms with van der Waals surface area (Å²) in [6.45, 7) is 1.96. The maximum absolute atomic E-state index is 11.6. The summed E-state index contributed by atoms with van der Waals surface area (Å²) in [5.41, 5.74) is 1.85. The van der Waals surface area contributed by atoms with Crippen LogP contribution in [0.1, 0.15) is 23.5 Å². The molecule has 0 amide bonds. The highest BCUT2D eigenvalue weighted by atomic mass is 16.5. The Morgan fingerprint density at radius 3 is 2.18 bits per heavy atom. The molecule has 4 nitrogen and oxygen atoms in total. The van der Waals surface area contributed by atoms with Crippen LogP contribution < -0.4 is 0 Å². The molecule has 0 aliphatic carbocycles. The quantitative estimate of drug-likeness (QED) is 0.748. The minimum absolute atomic E-state index is 0.00770. The smallest absolute Gasteiger partial charge is 0.313 e. The van der Waals surface area contributed by atoms with E-state index in [-0.39, 0.29) is 6.42 Å². The fourth-order valence-corrected chi connectivity index (χ4v) is 1.53. The second-order valence-corrected chi connectivity index (χ2v) is 3.77. The minimum atomic E-state index is -0.604. The lowest BCUT2D eigenvalue weighted by molar-refractivity contribution is -0.149. The van der Waals surface area contributed by atoms with E-state index in [9.17, 15) is 9.59 Å². The Morgan fingerprint density at radius 1 is 1.12 bits per heavy atom. The summed E-state index contributed by atoms with van der Waals surface area (Å²) in [4.78, 5) is 22.9. The Balaban J connectivity index is 2.93. The number of ether oxygens (including phenoxy) is 2. The number of carbonyl (C=O) groups is 2. The molecule has 0 spiro atoms. The van der Waals surface area contributed by atoms with Crippen LogP contribution >= 0.6 is 0 Å². The minimum Gasteiger partial charge on any atom is -0.469 e. The van der Waals surface area contributed by atoms with Gasteiger partial charge in [0.05, 0.1) is 26.6 Å². The summed E-state index contributed by atoms with van der Waals surface area (Å²) in [5.74, 6) is -1.46. The lowest BCUT2D eigenvalue weighted by Crippen LogP contribution is -2.18. The molecule has 0 unspecified atom stereocenters. The summed E-state index contributed by atoms with van der Waals surface area (Å²) in [7, 11) is 2.60. The van der Waals surface area contributed by atoms with Gasteiger partial charge in [-0.1, -0.05) is 29.8 Å². The van der Waals surface area contributed by atoms with Gasteiger partial charge in [-0.3, -0.25) is 9.59 Å². The van der Waals surface area contributed by atoms with Gasteiger partial charge < -0.3 is 9.47 Å². The van der Waals surface area contributed by atoms with E-state index in [1.165, 1.54) is 14.2 Å². The summed E-state index contributed by atoms with van der Waals surface area (Å²) < 4.78 is 9.27. The first-order valence-electron chi connectivity index (χ1n) is 5.29. The van der Waals surface area contributed by atoms with Crippen LogP contribution in [-0.2, 0) is 19.1 Å². The van der Waals surface area contributed by atoms with E-state index in [0.717, 1.165) is 11.1 Å². The number of benzene rings is 1. The topological polar surface area (TPSA) is 52.6 Å². The first kappa shape index (κ1) is 13.2. The SMILES string of the molecule is COC(=O)C[C@@H](C(=O)OC)c1ccc(C)cc1. The summed E-state index contributed by atoms with van der Waals surface area (Å²) in [5, 5.41) is 0. The summed E-state index contributed by atoms with van der Waals surface area (Å²) in [6.07, 6.45) is -0.00770. The molecule has 0 radical (unpaired) electrons. The van der Waals surface area contributed by atoms with E-state index in [1.807, 2.05) is 31.2 Å². The fraction of sp³-hybridized carbons (Fsp3) is 0.385. The van der Waals surface area contributed by atoms with Gasteiger partial charge in [-0.25, -0.2) is 0 Å². The molecule has 1 aromatic carbocycles. The standard InChI is InChI=1S/C13H16O4/c1-9-4-6-10(7-5-9)11(13(15)17-3)8-12(14)16-2/h4-7,11H,8H2,1-3H3/t11-/m1/s1. The van der Waals surface area contributed by atoms with Crippen molar-refractivity contribution in [3.63, 3.8) is 0 Å². The number of aryl methyl sites for hydroxylation is 1. The molecule has 0 aromatic heterocycles. The molecule has 0 saturated heterocycles. The van der Waals surface area contributed by atoms with Crippen molar-refractivity contribution in [1.29, 1.82) is 0 Å². The van der Waals surface area contributed by atoms with Crippen molar-refractivity contribution in [2.45, 2.75) is 19.3 Å². The average molecular weight is 236 g/mol. The predicted molar refractivity (Wildman–Crippen MR) is 62.6 cm³/mol. The molecule has 4 heteroatoms. The number of esters is 2. The van der Waals surface area contributed by atoms with Crippen LogP contribution in [0.2, 0.25) is 0 Å². The van der Waals surface area contributed by atoms with Crippen molar-refractivity contribution < 1.29 is 19.1 Å². The second-order valence-electron chi connectivity index (χ2n) is 3.77. The van der Waals surface area contributed by atoms with Crippen LogP contribution in [-0.4, -0.2) is 26.2 Å². The third-order valence-electron chi connectivity index (χ3n) is 2.56. The number of hydrogen-bond donors (Lipinski definition) is 0. The second kappa shape index (κ2) is 6.03. The van der Waals surface area contributed by atoms with Gasteiger partial charge in [-0.2, -0.15) is 0 Å². The molecule has 1 aromatic rings. The maximum atomic E-state index is 11.6. The molecular weight excluding hydrogens is 220 g/mol. The molecule has 0 fully saturated rings. The zero-order chi connectivity index (χ0) is 12.8. The van der Waals surface area contributed by atoms with Crippen LogP contribution in [0.5, 0.6) is 0 Å². The first-order chi connectivity index (χ1) is 8.08. The van der Waals surface area contributed by atoms with Crippen molar-refractivity contribution >= 4 is 11.9 Å². The van der Waals surface area contributed by atoms with Gasteiger partial charge in [0, 0.05) is 0 Å². The molecule has 1 rings (SSSR count). The highest BCUT2D eigenvalue weighted by Crippen LogP contribution is 2.22. The molecule has 0 aliphatic heterocycles. The van der Waals surface area contributed by atoms with Gasteiger partial charge in [0.15, 0.2) is 0 Å². The van der Waals surface area contributed by atoms with E-state index in [2.05, 4.69) is 4.74 Å². The highest BCUT2D eigenvalue weighted by molar-refractivity contribution is 5.84. The van der Waals surface area contributed by atoms with Gasteiger partial charge in [-0.05, 0) is 12.5 Å². The Labute approximate surface area is 101 Å². The number of carbonyl (C=O) groups excluding carboxylic acids is 2. The summed E-state index contributed by atoms with van der Waals surface area (Å²) in [6, 6.07) is 7.42. The monoisotopic (exact) mass is 236 g/mol. The van der Waals surface area contributed by atoms with Crippen molar-refractivity contribution in [3.05, 3.63) is 35.4 Å². The molecular formula is C13H16O4. The van der Waals surface area contributed by atoms with Gasteiger partial charge in [0.2, 0.25) is 0 Å². The molecule has 17 heavy (non-hydrogen) atoms. The lowest BCUT2D eigenvalue weighted by Gasteiger charge is -2.13. The molecule has 0 heterocycles. The highest BCUT2D eigenvalue weighted by Gasteiger charge is 2.24. The Morgan fingerprint density at radius 2 is 1.71 bits per heavy atom. The van der Waals surface area contributed by atoms with Crippen molar-refractivity contribution in [2.24, 2.45) is 0 Å². The van der Waals surface area contributed by atoms with E-state index in [0.29, 0.717) is 0 Å². The van der Waals surface area contributed by atoms with Crippen molar-refractivity contribution in [1.82, 2.24) is 0 Å². The average Bonchev–Trinajstić information content (AvgIpc) is 2.36. The molecule has 0 aliphatic rings. The van der Waals surface area contributed by atoms with Gasteiger partial charge >= 0.3 is 11.9 Å². The lowest BCUT2D eigenvalue weighted by atomic mass is 9.95. The number of methoxy groups -OCH3 is 2. The zero-order valence-electron chi connectivity index (χ0n) is 10.2. The van der Waals surface area contributed by atoms with Crippen molar-refractivity contribution in [3.8, 4) is 0 Å². The Bertz CT molecular complexity index is 394. The Kier molecular flexibility index (Phi) is 4.69. The van der Waals surface area contributed by atoms with E-state index >= 15 is 0 Å². The van der Waals surface area contributed by atoms with Crippen LogP contribution in [0.4, 0.5) is 0 Å². The van der Waals surface area contributed by atoms with E-state index in [1.54, 1.807) is 0 Å². The Hall–Kier alpha value is -1.84.